The fourth-order valence-electron chi connectivity index (χ4n) is 5.40. The van der Waals surface area contributed by atoms with E-state index in [1.165, 1.54) is 29.2 Å². The van der Waals surface area contributed by atoms with Crippen LogP contribution in [0.5, 0.6) is 0 Å². The highest BCUT2D eigenvalue weighted by Gasteiger charge is 2.47. The van der Waals surface area contributed by atoms with Crippen LogP contribution in [-0.4, -0.2) is 72.0 Å². The summed E-state index contributed by atoms with van der Waals surface area (Å²) < 4.78 is 28.9. The van der Waals surface area contributed by atoms with Crippen LogP contribution < -0.4 is 0 Å². The predicted molar refractivity (Wildman–Crippen MR) is 149 cm³/mol. The first-order valence-electron chi connectivity index (χ1n) is 13.1. The van der Waals surface area contributed by atoms with Gasteiger partial charge in [0.2, 0.25) is 11.8 Å². The largest absolute Gasteiger partial charge is 0.341 e. The zero-order valence-corrected chi connectivity index (χ0v) is 23.2. The van der Waals surface area contributed by atoms with Crippen molar-refractivity contribution >= 4 is 50.1 Å². The molecule has 2 heterocycles. The molecule has 0 N–H and O–H groups in total. The number of likely N-dealkylation sites (tertiary alicyclic amines) is 2. The summed E-state index contributed by atoms with van der Waals surface area (Å²) in [6.45, 7) is 3.14. The smallest absolute Gasteiger partial charge is 0.268 e. The molecule has 0 bridgehead atoms. The van der Waals surface area contributed by atoms with E-state index in [4.69, 9.17) is 11.6 Å². The van der Waals surface area contributed by atoms with E-state index in [2.05, 4.69) is 0 Å². The first kappa shape index (κ1) is 27.1. The Morgan fingerprint density at radius 1 is 0.923 bits per heavy atom. The summed E-state index contributed by atoms with van der Waals surface area (Å²) in [6.07, 6.45) is 3.01. The number of hydrogen-bond donors (Lipinski definition) is 0. The highest BCUT2D eigenvalue weighted by molar-refractivity contribution is 7.89. The summed E-state index contributed by atoms with van der Waals surface area (Å²) in [5.74, 6) is -1.49. The zero-order chi connectivity index (χ0) is 27.7. The Hall–Kier alpha value is -3.43. The van der Waals surface area contributed by atoms with Gasteiger partial charge in [0.1, 0.15) is 12.1 Å². The molecule has 8 nitrogen and oxygen atoms in total. The van der Waals surface area contributed by atoms with E-state index in [0.29, 0.717) is 27.8 Å². The second kappa shape index (κ2) is 11.0. The fraction of sp³-hybridized carbons (Fsp3) is 0.345. The summed E-state index contributed by atoms with van der Waals surface area (Å²) in [5, 5.41) is 1.90. The van der Waals surface area contributed by atoms with Crippen molar-refractivity contribution in [2.24, 2.45) is 0 Å². The molecule has 10 heteroatoms. The van der Waals surface area contributed by atoms with Gasteiger partial charge in [-0.05, 0) is 79.8 Å². The molecule has 0 unspecified atom stereocenters. The molecule has 39 heavy (non-hydrogen) atoms. The lowest BCUT2D eigenvalue weighted by atomic mass is 10.1. The van der Waals surface area contributed by atoms with Crippen LogP contribution >= 0.6 is 11.6 Å². The maximum atomic E-state index is 14.1. The molecule has 0 aromatic heterocycles. The SMILES string of the molecule is C[C@@H](C(=O)N1CCCCC1)N1CC[C@H](N(C(=O)c2ccccc2)S(=O)(=O)c2ccc3cc(Cl)ccc3c2)C1=O. The normalized spacial score (nSPS) is 18.8. The fourth-order valence-corrected chi connectivity index (χ4v) is 7.17. The molecule has 2 saturated heterocycles. The van der Waals surface area contributed by atoms with Gasteiger partial charge in [-0.3, -0.25) is 14.4 Å². The van der Waals surface area contributed by atoms with Crippen molar-refractivity contribution in [1.82, 2.24) is 14.1 Å². The topological polar surface area (TPSA) is 95.1 Å². The monoisotopic (exact) mass is 567 g/mol. The number of fused-ring (bicyclic) bond motifs is 1. The molecular weight excluding hydrogens is 538 g/mol. The number of amides is 3. The van der Waals surface area contributed by atoms with Crippen LogP contribution in [0.2, 0.25) is 5.02 Å². The average Bonchev–Trinajstić information content (AvgIpc) is 3.33. The van der Waals surface area contributed by atoms with Gasteiger partial charge < -0.3 is 9.80 Å². The number of halogens is 1. The van der Waals surface area contributed by atoms with E-state index in [1.54, 1.807) is 54.3 Å². The lowest BCUT2D eigenvalue weighted by Crippen LogP contribution is -2.53. The van der Waals surface area contributed by atoms with E-state index in [1.807, 2.05) is 0 Å². The Morgan fingerprint density at radius 3 is 2.31 bits per heavy atom. The molecule has 2 fully saturated rings. The minimum absolute atomic E-state index is 0.0947. The quantitative estimate of drug-likeness (QED) is 0.442. The maximum absolute atomic E-state index is 14.1. The van der Waals surface area contributed by atoms with Crippen LogP contribution in [0.1, 0.15) is 43.0 Å². The molecule has 2 atom stereocenters. The number of piperidine rings is 1. The van der Waals surface area contributed by atoms with Crippen molar-refractivity contribution in [2.45, 2.75) is 49.6 Å². The molecule has 3 amide bonds. The van der Waals surface area contributed by atoms with E-state index in [-0.39, 0.29) is 29.3 Å². The second-order valence-electron chi connectivity index (χ2n) is 10.0. The first-order chi connectivity index (χ1) is 18.7. The van der Waals surface area contributed by atoms with Gasteiger partial charge in [-0.2, -0.15) is 0 Å². The van der Waals surface area contributed by atoms with Crippen LogP contribution in [0.25, 0.3) is 10.8 Å². The third-order valence-corrected chi connectivity index (χ3v) is 9.56. The van der Waals surface area contributed by atoms with E-state index < -0.39 is 33.9 Å². The average molecular weight is 568 g/mol. The Balaban J connectivity index is 1.50. The molecular formula is C29H30ClN3O5S. The minimum atomic E-state index is -4.45. The van der Waals surface area contributed by atoms with Gasteiger partial charge >= 0.3 is 0 Å². The summed E-state index contributed by atoms with van der Waals surface area (Å²) in [4.78, 5) is 43.7. The van der Waals surface area contributed by atoms with Gasteiger partial charge in [-0.1, -0.05) is 41.9 Å². The number of carbonyl (C=O) groups is 3. The Labute approximate surface area is 233 Å². The molecule has 3 aromatic carbocycles. The van der Waals surface area contributed by atoms with Crippen molar-refractivity contribution in [3.63, 3.8) is 0 Å². The number of rotatable bonds is 6. The Kier molecular flexibility index (Phi) is 7.64. The van der Waals surface area contributed by atoms with E-state index in [9.17, 15) is 22.8 Å². The van der Waals surface area contributed by atoms with Gasteiger partial charge in [-0.25, -0.2) is 12.7 Å². The van der Waals surface area contributed by atoms with Crippen LogP contribution in [0, 0.1) is 0 Å². The summed E-state index contributed by atoms with van der Waals surface area (Å²) >= 11 is 6.08. The molecule has 5 rings (SSSR count). The Bertz CT molecular complexity index is 1520. The number of benzene rings is 3. The van der Waals surface area contributed by atoms with E-state index in [0.717, 1.165) is 24.6 Å². The van der Waals surface area contributed by atoms with Crippen molar-refractivity contribution in [3.05, 3.63) is 77.3 Å². The van der Waals surface area contributed by atoms with Crippen molar-refractivity contribution in [2.75, 3.05) is 19.6 Å². The van der Waals surface area contributed by atoms with Gasteiger partial charge in [-0.15, -0.1) is 0 Å². The van der Waals surface area contributed by atoms with Crippen molar-refractivity contribution in [1.29, 1.82) is 0 Å². The molecule has 0 saturated carbocycles. The standard InChI is InChI=1S/C29H30ClN3O5S/c1-20(27(34)31-15-6-3-7-16-31)32-17-14-26(29(32)36)33(28(35)21-8-4-2-5-9-21)39(37,38)25-13-11-22-18-24(30)12-10-23(22)19-25/h2,4-5,8-13,18-20,26H,3,6-7,14-17H2,1H3/t20-,26-/m0/s1. The highest BCUT2D eigenvalue weighted by Crippen LogP contribution is 2.30. The number of carbonyl (C=O) groups excluding carboxylic acids is 3. The van der Waals surface area contributed by atoms with Crippen molar-refractivity contribution < 1.29 is 22.8 Å². The van der Waals surface area contributed by atoms with Crippen LogP contribution in [-0.2, 0) is 19.6 Å². The predicted octanol–water partition coefficient (Wildman–Crippen LogP) is 4.33. The van der Waals surface area contributed by atoms with Gasteiger partial charge in [0, 0.05) is 30.2 Å². The minimum Gasteiger partial charge on any atom is -0.341 e. The molecule has 0 spiro atoms. The highest BCUT2D eigenvalue weighted by atomic mass is 35.5. The van der Waals surface area contributed by atoms with Crippen LogP contribution in [0.15, 0.2) is 71.6 Å². The van der Waals surface area contributed by atoms with E-state index >= 15 is 0 Å². The third kappa shape index (κ3) is 5.25. The number of hydrogen-bond acceptors (Lipinski definition) is 5. The lowest BCUT2D eigenvalue weighted by Gasteiger charge is -2.33. The zero-order valence-electron chi connectivity index (χ0n) is 21.6. The van der Waals surface area contributed by atoms with Gasteiger partial charge in [0.05, 0.1) is 4.90 Å². The summed E-state index contributed by atoms with van der Waals surface area (Å²) in [5.41, 5.74) is 0.150. The molecule has 2 aliphatic heterocycles. The lowest BCUT2D eigenvalue weighted by molar-refractivity contribution is -0.144. The van der Waals surface area contributed by atoms with Gasteiger partial charge in [0.25, 0.3) is 15.9 Å². The molecule has 0 aliphatic carbocycles. The second-order valence-corrected chi connectivity index (χ2v) is 12.3. The Morgan fingerprint density at radius 2 is 1.59 bits per heavy atom. The maximum Gasteiger partial charge on any atom is 0.268 e. The molecule has 2 aliphatic rings. The third-order valence-electron chi connectivity index (χ3n) is 7.54. The number of nitrogens with zero attached hydrogens (tertiary/aromatic N) is 3. The molecule has 3 aromatic rings. The first-order valence-corrected chi connectivity index (χ1v) is 14.9. The van der Waals surface area contributed by atoms with Crippen LogP contribution in [0.4, 0.5) is 0 Å². The molecule has 204 valence electrons. The summed E-state index contributed by atoms with van der Waals surface area (Å²) in [7, 11) is -4.45. The van der Waals surface area contributed by atoms with Crippen LogP contribution in [0.3, 0.4) is 0 Å². The van der Waals surface area contributed by atoms with Crippen molar-refractivity contribution in [3.8, 4) is 0 Å². The van der Waals surface area contributed by atoms with Gasteiger partial charge in [0.15, 0.2) is 0 Å². The molecule has 0 radical (unpaired) electrons. The number of sulfonamides is 1. The summed E-state index contributed by atoms with van der Waals surface area (Å²) in [6, 6.07) is 15.6.